The van der Waals surface area contributed by atoms with E-state index in [2.05, 4.69) is 31.9 Å². The fourth-order valence-corrected chi connectivity index (χ4v) is 3.58. The molecule has 1 saturated carbocycles. The van der Waals surface area contributed by atoms with Crippen molar-refractivity contribution in [3.8, 4) is 17.2 Å². The second-order valence-electron chi connectivity index (χ2n) is 8.90. The van der Waals surface area contributed by atoms with Crippen LogP contribution in [0.3, 0.4) is 0 Å². The number of pyridine rings is 1. The van der Waals surface area contributed by atoms with Crippen LogP contribution in [-0.4, -0.2) is 36.3 Å². The molecule has 2 N–H and O–H groups in total. The lowest BCUT2D eigenvalue weighted by atomic mass is 10.0. The van der Waals surface area contributed by atoms with Crippen molar-refractivity contribution in [1.82, 2.24) is 29.7 Å². The highest BCUT2D eigenvalue weighted by molar-refractivity contribution is 5.95. The maximum atomic E-state index is 12.2. The predicted octanol–water partition coefficient (Wildman–Crippen LogP) is 3.88. The smallest absolute Gasteiger partial charge is 0.251 e. The molecule has 1 fully saturated rings. The minimum Gasteiger partial charge on any atom is -0.349 e. The summed E-state index contributed by atoms with van der Waals surface area (Å²) in [5.41, 5.74) is 3.51. The number of anilines is 2. The van der Waals surface area contributed by atoms with E-state index >= 15 is 0 Å². The van der Waals surface area contributed by atoms with Gasteiger partial charge in [-0.2, -0.15) is 15.3 Å². The topological polar surface area (TPSA) is 113 Å². The second kappa shape index (κ2) is 8.06. The highest BCUT2D eigenvalue weighted by Crippen LogP contribution is 2.27. The SMILES string of the molecule is CC(C)(CC#N)n1cc(-c2cccn3nc(Nc4ccc(C(=O)NC5CC5)cc4)nc23)cn1. The molecule has 0 aliphatic heterocycles. The summed E-state index contributed by atoms with van der Waals surface area (Å²) >= 11 is 0. The van der Waals surface area contributed by atoms with Crippen molar-refractivity contribution in [2.45, 2.75) is 44.7 Å². The van der Waals surface area contributed by atoms with Gasteiger partial charge >= 0.3 is 0 Å². The normalized spacial score (nSPS) is 13.6. The zero-order valence-electron chi connectivity index (χ0n) is 18.5. The molecule has 166 valence electrons. The molecule has 3 aromatic heterocycles. The summed E-state index contributed by atoms with van der Waals surface area (Å²) in [6, 6.07) is 13.7. The number of rotatable bonds is 7. The number of nitrogens with one attached hydrogen (secondary N) is 2. The van der Waals surface area contributed by atoms with Crippen LogP contribution in [-0.2, 0) is 5.54 Å². The van der Waals surface area contributed by atoms with Crippen molar-refractivity contribution < 1.29 is 4.79 Å². The number of benzene rings is 1. The van der Waals surface area contributed by atoms with Crippen LogP contribution in [0.15, 0.2) is 55.0 Å². The van der Waals surface area contributed by atoms with Crippen LogP contribution in [0.25, 0.3) is 16.8 Å². The Morgan fingerprint density at radius 3 is 2.76 bits per heavy atom. The summed E-state index contributed by atoms with van der Waals surface area (Å²) in [6.45, 7) is 3.96. The summed E-state index contributed by atoms with van der Waals surface area (Å²) in [7, 11) is 0. The lowest BCUT2D eigenvalue weighted by Crippen LogP contribution is -2.25. The molecule has 0 bridgehead atoms. The Morgan fingerprint density at radius 1 is 1.24 bits per heavy atom. The number of nitriles is 1. The largest absolute Gasteiger partial charge is 0.349 e. The quantitative estimate of drug-likeness (QED) is 0.451. The number of fused-ring (bicyclic) bond motifs is 1. The number of hydrogen-bond donors (Lipinski definition) is 2. The van der Waals surface area contributed by atoms with Crippen LogP contribution in [0.5, 0.6) is 0 Å². The predicted molar refractivity (Wildman–Crippen MR) is 124 cm³/mol. The first kappa shape index (κ1) is 20.7. The third-order valence-corrected chi connectivity index (χ3v) is 5.70. The van der Waals surface area contributed by atoms with Gasteiger partial charge < -0.3 is 10.6 Å². The Hall–Kier alpha value is -4.19. The van der Waals surface area contributed by atoms with Gasteiger partial charge in [-0.1, -0.05) is 0 Å². The molecule has 4 aromatic rings. The van der Waals surface area contributed by atoms with Gasteiger partial charge in [0.2, 0.25) is 5.95 Å². The fourth-order valence-electron chi connectivity index (χ4n) is 3.58. The van der Waals surface area contributed by atoms with Gasteiger partial charge in [0.25, 0.3) is 5.91 Å². The fraction of sp³-hybridized carbons (Fsp3) is 0.292. The summed E-state index contributed by atoms with van der Waals surface area (Å²) in [4.78, 5) is 16.8. The van der Waals surface area contributed by atoms with E-state index in [0.29, 0.717) is 29.6 Å². The number of aromatic nitrogens is 5. The van der Waals surface area contributed by atoms with Gasteiger partial charge in [0.1, 0.15) is 0 Å². The summed E-state index contributed by atoms with van der Waals surface area (Å²) < 4.78 is 3.53. The van der Waals surface area contributed by atoms with Crippen LogP contribution in [0.2, 0.25) is 0 Å². The van der Waals surface area contributed by atoms with Gasteiger partial charge in [0.05, 0.1) is 24.2 Å². The van der Waals surface area contributed by atoms with Crippen LogP contribution < -0.4 is 10.6 Å². The molecule has 5 rings (SSSR count). The molecular formula is C24H24N8O. The molecule has 9 nitrogen and oxygen atoms in total. The van der Waals surface area contributed by atoms with Gasteiger partial charge in [-0.15, -0.1) is 5.10 Å². The standard InChI is InChI=1S/C24H24N8O/c1-24(2,11-12-25)32-15-17(14-26-32)20-4-3-13-31-21(20)29-23(30-31)28-19-7-5-16(6-8-19)22(33)27-18-9-10-18/h3-8,13-15,18H,9-11H2,1-2H3,(H,27,33)(H,28,30). The Bertz CT molecular complexity index is 1360. The molecular weight excluding hydrogens is 416 g/mol. The number of carbonyl (C=O) groups is 1. The first-order chi connectivity index (χ1) is 15.9. The summed E-state index contributed by atoms with van der Waals surface area (Å²) in [6.07, 6.45) is 8.03. The van der Waals surface area contributed by atoms with Crippen molar-refractivity contribution in [2.75, 3.05) is 5.32 Å². The molecule has 0 unspecified atom stereocenters. The zero-order chi connectivity index (χ0) is 23.0. The average Bonchev–Trinajstić information content (AvgIpc) is 3.30. The van der Waals surface area contributed by atoms with Gasteiger partial charge in [-0.3, -0.25) is 9.48 Å². The van der Waals surface area contributed by atoms with E-state index in [1.807, 2.05) is 55.2 Å². The van der Waals surface area contributed by atoms with Crippen molar-refractivity contribution in [1.29, 1.82) is 5.26 Å². The Kier molecular flexibility index (Phi) is 5.05. The van der Waals surface area contributed by atoms with Gasteiger partial charge in [0, 0.05) is 40.8 Å². The van der Waals surface area contributed by atoms with E-state index in [4.69, 9.17) is 5.26 Å². The molecule has 1 aliphatic carbocycles. The Morgan fingerprint density at radius 2 is 2.03 bits per heavy atom. The van der Waals surface area contributed by atoms with Crippen molar-refractivity contribution >= 4 is 23.2 Å². The maximum Gasteiger partial charge on any atom is 0.251 e. The maximum absolute atomic E-state index is 12.2. The van der Waals surface area contributed by atoms with E-state index in [1.54, 1.807) is 22.8 Å². The van der Waals surface area contributed by atoms with E-state index in [1.165, 1.54) is 0 Å². The van der Waals surface area contributed by atoms with E-state index in [9.17, 15) is 4.79 Å². The molecule has 0 saturated heterocycles. The monoisotopic (exact) mass is 440 g/mol. The Balaban J connectivity index is 1.37. The molecule has 9 heteroatoms. The second-order valence-corrected chi connectivity index (χ2v) is 8.90. The molecule has 1 amide bonds. The van der Waals surface area contributed by atoms with Crippen LogP contribution in [0.4, 0.5) is 11.6 Å². The van der Waals surface area contributed by atoms with Crippen LogP contribution in [0.1, 0.15) is 43.5 Å². The van der Waals surface area contributed by atoms with Gasteiger partial charge in [-0.05, 0) is 63.1 Å². The molecule has 33 heavy (non-hydrogen) atoms. The molecule has 0 radical (unpaired) electrons. The van der Waals surface area contributed by atoms with Crippen molar-refractivity contribution in [3.63, 3.8) is 0 Å². The number of hydrogen-bond acceptors (Lipinski definition) is 6. The average molecular weight is 441 g/mol. The first-order valence-electron chi connectivity index (χ1n) is 10.9. The minimum atomic E-state index is -0.403. The summed E-state index contributed by atoms with van der Waals surface area (Å²) in [5.74, 6) is 0.410. The Labute approximate surface area is 191 Å². The third kappa shape index (κ3) is 4.28. The van der Waals surface area contributed by atoms with Gasteiger partial charge in [0.15, 0.2) is 5.65 Å². The van der Waals surface area contributed by atoms with Crippen molar-refractivity contribution in [3.05, 3.63) is 60.6 Å². The van der Waals surface area contributed by atoms with Gasteiger partial charge in [-0.25, -0.2) is 4.52 Å². The van der Waals surface area contributed by atoms with Crippen LogP contribution in [0, 0.1) is 11.3 Å². The molecule has 1 aromatic carbocycles. The third-order valence-electron chi connectivity index (χ3n) is 5.70. The first-order valence-corrected chi connectivity index (χ1v) is 10.9. The minimum absolute atomic E-state index is 0.0435. The number of amides is 1. The van der Waals surface area contributed by atoms with Crippen molar-refractivity contribution in [2.24, 2.45) is 0 Å². The van der Waals surface area contributed by atoms with E-state index < -0.39 is 5.54 Å². The van der Waals surface area contributed by atoms with Crippen LogP contribution >= 0.6 is 0 Å². The highest BCUT2D eigenvalue weighted by Gasteiger charge is 2.24. The molecule has 0 spiro atoms. The lowest BCUT2D eigenvalue weighted by molar-refractivity contribution is 0.0951. The molecule has 1 aliphatic rings. The van der Waals surface area contributed by atoms with E-state index in [-0.39, 0.29) is 5.91 Å². The molecule has 3 heterocycles. The lowest BCUT2D eigenvalue weighted by Gasteiger charge is -2.21. The van der Waals surface area contributed by atoms with E-state index in [0.717, 1.165) is 29.7 Å². The zero-order valence-corrected chi connectivity index (χ0v) is 18.5. The number of nitrogens with zero attached hydrogens (tertiary/aromatic N) is 6. The molecule has 0 atom stereocenters. The highest BCUT2D eigenvalue weighted by atomic mass is 16.1. The number of carbonyl (C=O) groups excluding carboxylic acids is 1. The summed E-state index contributed by atoms with van der Waals surface area (Å²) in [5, 5.41) is 24.3.